The molecule has 0 saturated carbocycles. The molecule has 4 heterocycles. The Morgan fingerprint density at radius 1 is 0.702 bits per heavy atom. The monoisotopic (exact) mass is 810 g/mol. The smallest absolute Gasteiger partial charge is 0.0355 e. The Hall–Kier alpha value is -4.02. The third-order valence-electron chi connectivity index (χ3n) is 8.14. The van der Waals surface area contributed by atoms with Crippen molar-refractivity contribution >= 4 is 31.5 Å². The molecule has 47 heavy (non-hydrogen) atoms. The van der Waals surface area contributed by atoms with Crippen molar-refractivity contribution < 1.29 is 20.1 Å². The standard InChI is InChI=1S/C25H28N.C17H11N2S.Ir/c1-17-7-10-22(24-13-18(2)19(3)16-26-24)14-23(17)21-11-8-20(9-12-21)15-25(4,5)6;1-11-5-4-7-14(19-11)15-9-17-13(10-18-15)12-6-2-3-8-16(12)20-17;/h7-9,11-14,16H,15H2,1-6H3;2-6,8-10H,1H3;/q2*-1;. The van der Waals surface area contributed by atoms with Gasteiger partial charge in [-0.05, 0) is 78.1 Å². The molecule has 0 unspecified atom stereocenters. The van der Waals surface area contributed by atoms with Crippen LogP contribution >= 0.6 is 11.3 Å². The van der Waals surface area contributed by atoms with Crippen LogP contribution in [0, 0.1) is 45.2 Å². The molecule has 0 fully saturated rings. The predicted molar refractivity (Wildman–Crippen MR) is 195 cm³/mol. The summed E-state index contributed by atoms with van der Waals surface area (Å²) in [6.45, 7) is 15.2. The van der Waals surface area contributed by atoms with Crippen LogP contribution in [0.1, 0.15) is 48.7 Å². The van der Waals surface area contributed by atoms with E-state index in [2.05, 4.69) is 141 Å². The molecule has 5 heteroatoms. The van der Waals surface area contributed by atoms with Crippen molar-refractivity contribution in [2.24, 2.45) is 5.41 Å². The van der Waals surface area contributed by atoms with Gasteiger partial charge in [0.25, 0.3) is 0 Å². The van der Waals surface area contributed by atoms with Crippen molar-refractivity contribution in [3.63, 3.8) is 0 Å². The number of hydrogen-bond acceptors (Lipinski definition) is 4. The second kappa shape index (κ2) is 14.4. The molecule has 0 saturated heterocycles. The number of pyridine rings is 3. The number of fused-ring (bicyclic) bond motifs is 3. The summed E-state index contributed by atoms with van der Waals surface area (Å²) in [7, 11) is 0. The van der Waals surface area contributed by atoms with Gasteiger partial charge in [0.15, 0.2) is 0 Å². The van der Waals surface area contributed by atoms with Crippen molar-refractivity contribution in [3.05, 3.63) is 137 Å². The Morgan fingerprint density at radius 3 is 2.17 bits per heavy atom. The van der Waals surface area contributed by atoms with E-state index in [4.69, 9.17) is 0 Å². The topological polar surface area (TPSA) is 38.7 Å². The molecule has 1 radical (unpaired) electrons. The number of nitrogens with zero attached hydrogens (tertiary/aromatic N) is 3. The summed E-state index contributed by atoms with van der Waals surface area (Å²) in [4.78, 5) is 13.6. The van der Waals surface area contributed by atoms with E-state index in [1.165, 1.54) is 53.6 Å². The molecule has 239 valence electrons. The second-order valence-electron chi connectivity index (χ2n) is 13.3. The molecule has 0 atom stereocenters. The summed E-state index contributed by atoms with van der Waals surface area (Å²) in [6.07, 6.45) is 4.98. The summed E-state index contributed by atoms with van der Waals surface area (Å²) in [6, 6.07) is 36.3. The van der Waals surface area contributed by atoms with Gasteiger partial charge in [0.05, 0.1) is 0 Å². The maximum absolute atomic E-state index is 4.60. The summed E-state index contributed by atoms with van der Waals surface area (Å²) in [5.41, 5.74) is 12.6. The Bertz CT molecular complexity index is 2160. The van der Waals surface area contributed by atoms with E-state index < -0.39 is 0 Å². The van der Waals surface area contributed by atoms with Crippen molar-refractivity contribution in [3.8, 4) is 33.8 Å². The van der Waals surface area contributed by atoms with Crippen molar-refractivity contribution in [1.82, 2.24) is 15.0 Å². The van der Waals surface area contributed by atoms with E-state index in [0.29, 0.717) is 5.41 Å². The van der Waals surface area contributed by atoms with Crippen LogP contribution in [0.3, 0.4) is 0 Å². The molecule has 4 aromatic heterocycles. The summed E-state index contributed by atoms with van der Waals surface area (Å²) < 4.78 is 2.54. The van der Waals surface area contributed by atoms with Gasteiger partial charge in [-0.1, -0.05) is 93.4 Å². The molecule has 7 aromatic rings. The average molecular weight is 810 g/mol. The molecular weight excluding hydrogens is 771 g/mol. The third-order valence-corrected chi connectivity index (χ3v) is 9.28. The zero-order chi connectivity index (χ0) is 32.4. The molecular formula is C42H39IrN3S-2. The van der Waals surface area contributed by atoms with Crippen LogP contribution in [0.15, 0.2) is 97.3 Å². The molecule has 0 amide bonds. The Balaban J connectivity index is 0.000000186. The quantitative estimate of drug-likeness (QED) is 0.166. The van der Waals surface area contributed by atoms with Gasteiger partial charge >= 0.3 is 0 Å². The van der Waals surface area contributed by atoms with Gasteiger partial charge < -0.3 is 9.97 Å². The minimum atomic E-state index is 0. The molecule has 0 N–H and O–H groups in total. The molecule has 0 aliphatic rings. The Kier molecular flexibility index (Phi) is 10.5. The second-order valence-corrected chi connectivity index (χ2v) is 14.4. The number of aryl methyl sites for hydroxylation is 4. The number of aromatic nitrogens is 3. The van der Waals surface area contributed by atoms with E-state index in [9.17, 15) is 0 Å². The van der Waals surface area contributed by atoms with E-state index in [-0.39, 0.29) is 20.1 Å². The largest absolute Gasteiger partial charge is 0.317 e. The molecule has 7 rings (SSSR count). The molecule has 0 aliphatic carbocycles. The summed E-state index contributed by atoms with van der Waals surface area (Å²) in [5.74, 6) is 0. The maximum Gasteiger partial charge on any atom is 0.0355 e. The summed E-state index contributed by atoms with van der Waals surface area (Å²) >= 11 is 1.79. The first-order valence-corrected chi connectivity index (χ1v) is 16.5. The van der Waals surface area contributed by atoms with Gasteiger partial charge in [-0.2, -0.15) is 12.1 Å². The number of rotatable bonds is 4. The van der Waals surface area contributed by atoms with Crippen LogP contribution in [0.5, 0.6) is 0 Å². The van der Waals surface area contributed by atoms with Crippen LogP contribution in [-0.2, 0) is 26.5 Å². The first kappa shape index (κ1) is 34.3. The number of thiophene rings is 1. The zero-order valence-corrected chi connectivity index (χ0v) is 31.2. The van der Waals surface area contributed by atoms with E-state index >= 15 is 0 Å². The van der Waals surface area contributed by atoms with Gasteiger partial charge in [0.2, 0.25) is 0 Å². The Labute approximate surface area is 296 Å². The third kappa shape index (κ3) is 8.11. The van der Waals surface area contributed by atoms with E-state index in [1.54, 1.807) is 11.3 Å². The van der Waals surface area contributed by atoms with Gasteiger partial charge in [-0.15, -0.1) is 46.7 Å². The van der Waals surface area contributed by atoms with E-state index in [1.807, 2.05) is 31.5 Å². The zero-order valence-electron chi connectivity index (χ0n) is 28.0. The molecule has 0 aliphatic heterocycles. The maximum atomic E-state index is 4.60. The van der Waals surface area contributed by atoms with Crippen LogP contribution in [-0.4, -0.2) is 15.0 Å². The van der Waals surface area contributed by atoms with Gasteiger partial charge in [0.1, 0.15) is 0 Å². The van der Waals surface area contributed by atoms with Crippen molar-refractivity contribution in [1.29, 1.82) is 0 Å². The molecule has 0 spiro atoms. The van der Waals surface area contributed by atoms with Crippen LogP contribution in [0.25, 0.3) is 53.9 Å². The SMILES string of the molecule is Cc1cc[c-]c(-c2cc3sc4ccccc4c3cn2)n1.Cc1cnc(-c2[c-]cc(C)c(-c3ccc(CC(C)(C)C)cc3)c2)cc1C.[Ir]. The van der Waals surface area contributed by atoms with E-state index in [0.717, 1.165) is 34.8 Å². The fourth-order valence-electron chi connectivity index (χ4n) is 5.58. The molecule has 0 bridgehead atoms. The van der Waals surface area contributed by atoms with Crippen molar-refractivity contribution in [2.75, 3.05) is 0 Å². The fraction of sp³-hybridized carbons (Fsp3) is 0.214. The normalized spacial score (nSPS) is 11.2. The fourth-order valence-corrected chi connectivity index (χ4v) is 6.69. The van der Waals surface area contributed by atoms with Crippen molar-refractivity contribution in [2.45, 2.75) is 54.9 Å². The van der Waals surface area contributed by atoms with Gasteiger partial charge in [-0.25, -0.2) is 0 Å². The first-order valence-electron chi connectivity index (χ1n) is 15.7. The Morgan fingerprint density at radius 2 is 1.45 bits per heavy atom. The average Bonchev–Trinajstić information content (AvgIpc) is 3.41. The van der Waals surface area contributed by atoms with Crippen LogP contribution in [0.4, 0.5) is 0 Å². The molecule has 3 nitrogen and oxygen atoms in total. The van der Waals surface area contributed by atoms with Crippen LogP contribution in [0.2, 0.25) is 0 Å². The minimum Gasteiger partial charge on any atom is -0.317 e. The first-order chi connectivity index (χ1) is 22.0. The minimum absolute atomic E-state index is 0. The van der Waals surface area contributed by atoms with Gasteiger partial charge in [-0.3, -0.25) is 4.98 Å². The molecule has 3 aromatic carbocycles. The number of benzene rings is 3. The van der Waals surface area contributed by atoms with Gasteiger partial charge in [0, 0.05) is 52.7 Å². The summed E-state index contributed by atoms with van der Waals surface area (Å²) in [5, 5.41) is 2.48. The van der Waals surface area contributed by atoms with Crippen LogP contribution < -0.4 is 0 Å². The predicted octanol–water partition coefficient (Wildman–Crippen LogP) is 11.3. The number of hydrogen-bond donors (Lipinski definition) is 0.